The molecule has 3 heteroatoms. The summed E-state index contributed by atoms with van der Waals surface area (Å²) >= 11 is 0. The maximum atomic E-state index is 12.4. The fourth-order valence-corrected chi connectivity index (χ4v) is 0.722. The van der Waals surface area contributed by atoms with Crippen molar-refractivity contribution in [3.63, 3.8) is 0 Å². The molecule has 0 saturated carbocycles. The highest BCUT2D eigenvalue weighted by atomic mass is 19.1. The number of hydrogen-bond donors (Lipinski definition) is 0. The Morgan fingerprint density at radius 3 is 2.67 bits per heavy atom. The van der Waals surface area contributed by atoms with Crippen molar-refractivity contribution < 1.29 is 9.23 Å². The lowest BCUT2D eigenvalue weighted by atomic mass is 10.2. The quantitative estimate of drug-likeness (QED) is 0.499. The van der Waals surface area contributed by atoms with Gasteiger partial charge >= 0.3 is 0 Å². The van der Waals surface area contributed by atoms with E-state index in [9.17, 15) is 4.39 Å². The normalized spacial score (nSPS) is 10.5. The molecule has 0 saturated heterocycles. The Balaban J connectivity index is 2.58. The fourth-order valence-electron chi connectivity index (χ4n) is 0.722. The molecule has 12 heavy (non-hydrogen) atoms. The second-order valence-electron chi connectivity index (χ2n) is 2.20. The number of rotatable bonds is 3. The zero-order chi connectivity index (χ0) is 8.81. The largest absolute Gasteiger partial charge is 0.396 e. The maximum absolute atomic E-state index is 12.4. The molecule has 0 fully saturated rings. The summed E-state index contributed by atoms with van der Waals surface area (Å²) in [5, 5.41) is 3.64. The highest BCUT2D eigenvalue weighted by molar-refractivity contribution is 5.78. The predicted molar refractivity (Wildman–Crippen MR) is 45.6 cm³/mol. The molecule has 0 bridgehead atoms. The molecule has 1 rings (SSSR count). The Morgan fingerprint density at radius 2 is 2.08 bits per heavy atom. The average molecular weight is 167 g/mol. The van der Waals surface area contributed by atoms with Gasteiger partial charge in [-0.2, -0.15) is 0 Å². The molecule has 0 aliphatic carbocycles. The van der Waals surface area contributed by atoms with Gasteiger partial charge in [-0.1, -0.05) is 17.3 Å². The van der Waals surface area contributed by atoms with Crippen LogP contribution in [0.4, 0.5) is 4.39 Å². The molecule has 0 aliphatic rings. The zero-order valence-electron chi connectivity index (χ0n) is 6.83. The van der Waals surface area contributed by atoms with Crippen LogP contribution in [0.25, 0.3) is 0 Å². The van der Waals surface area contributed by atoms with Gasteiger partial charge in [0.15, 0.2) is 0 Å². The van der Waals surface area contributed by atoms with E-state index in [1.807, 2.05) is 6.92 Å². The summed E-state index contributed by atoms with van der Waals surface area (Å²) < 4.78 is 12.4. The first-order valence-corrected chi connectivity index (χ1v) is 3.74. The van der Waals surface area contributed by atoms with E-state index < -0.39 is 0 Å². The van der Waals surface area contributed by atoms with Gasteiger partial charge in [0.2, 0.25) is 0 Å². The van der Waals surface area contributed by atoms with Gasteiger partial charge in [0.05, 0.1) is 6.21 Å². The highest BCUT2D eigenvalue weighted by Crippen LogP contribution is 1.99. The summed E-state index contributed by atoms with van der Waals surface area (Å²) in [5.41, 5.74) is 0.824. The van der Waals surface area contributed by atoms with Crippen LogP contribution >= 0.6 is 0 Å². The molecule has 0 N–H and O–H groups in total. The second-order valence-corrected chi connectivity index (χ2v) is 2.20. The molecular formula is C9H10FNO. The van der Waals surface area contributed by atoms with Gasteiger partial charge in [-0.15, -0.1) is 0 Å². The Hall–Kier alpha value is -1.38. The fraction of sp³-hybridized carbons (Fsp3) is 0.222. The summed E-state index contributed by atoms with van der Waals surface area (Å²) in [5.74, 6) is -0.247. The minimum Gasteiger partial charge on any atom is -0.396 e. The van der Waals surface area contributed by atoms with Crippen LogP contribution in [0, 0.1) is 5.82 Å². The predicted octanol–water partition coefficient (Wildman–Crippen LogP) is 2.20. The highest BCUT2D eigenvalue weighted by Gasteiger charge is 1.88. The summed E-state index contributed by atoms with van der Waals surface area (Å²) in [6, 6.07) is 6.04. The van der Waals surface area contributed by atoms with Crippen molar-refractivity contribution in [3.8, 4) is 0 Å². The monoisotopic (exact) mass is 167 g/mol. The summed E-state index contributed by atoms with van der Waals surface area (Å²) in [7, 11) is 0. The minimum atomic E-state index is -0.247. The van der Waals surface area contributed by atoms with Crippen LogP contribution in [0.1, 0.15) is 12.5 Å². The van der Waals surface area contributed by atoms with Crippen LogP contribution in [-0.2, 0) is 4.84 Å². The molecule has 0 aliphatic heterocycles. The molecule has 0 aromatic heterocycles. The second kappa shape index (κ2) is 4.49. The van der Waals surface area contributed by atoms with E-state index in [0.717, 1.165) is 5.56 Å². The van der Waals surface area contributed by atoms with Crippen molar-refractivity contribution >= 4 is 6.21 Å². The molecule has 0 heterocycles. The van der Waals surface area contributed by atoms with Crippen molar-refractivity contribution in [1.82, 2.24) is 0 Å². The standard InChI is InChI=1S/C9H10FNO/c1-2-12-11-7-8-3-5-9(10)6-4-8/h3-7H,2H2,1H3. The lowest BCUT2D eigenvalue weighted by Crippen LogP contribution is -1.84. The number of hydrogen-bond acceptors (Lipinski definition) is 2. The third-order valence-corrected chi connectivity index (χ3v) is 1.28. The van der Waals surface area contributed by atoms with Crippen molar-refractivity contribution in [1.29, 1.82) is 0 Å². The zero-order valence-corrected chi connectivity index (χ0v) is 6.83. The van der Waals surface area contributed by atoms with Crippen LogP contribution in [0.15, 0.2) is 29.4 Å². The van der Waals surface area contributed by atoms with Gasteiger partial charge in [-0.25, -0.2) is 4.39 Å². The summed E-state index contributed by atoms with van der Waals surface area (Å²) in [4.78, 5) is 4.74. The van der Waals surface area contributed by atoms with Crippen LogP contribution in [-0.4, -0.2) is 12.8 Å². The minimum absolute atomic E-state index is 0.247. The van der Waals surface area contributed by atoms with Gasteiger partial charge in [-0.05, 0) is 24.6 Å². The molecule has 1 aromatic carbocycles. The van der Waals surface area contributed by atoms with Gasteiger partial charge < -0.3 is 4.84 Å². The summed E-state index contributed by atoms with van der Waals surface area (Å²) in [6.07, 6.45) is 1.54. The molecule has 1 aromatic rings. The van der Waals surface area contributed by atoms with Crippen molar-refractivity contribution in [2.45, 2.75) is 6.92 Å². The van der Waals surface area contributed by atoms with Crippen LogP contribution in [0.3, 0.4) is 0 Å². The number of benzene rings is 1. The first kappa shape index (κ1) is 8.71. The molecule has 2 nitrogen and oxygen atoms in total. The van der Waals surface area contributed by atoms with E-state index in [2.05, 4.69) is 5.16 Å². The van der Waals surface area contributed by atoms with Crippen LogP contribution in [0.5, 0.6) is 0 Å². The van der Waals surface area contributed by atoms with Gasteiger partial charge in [0.1, 0.15) is 12.4 Å². The number of oxime groups is 1. The Labute approximate surface area is 70.7 Å². The lowest BCUT2D eigenvalue weighted by molar-refractivity contribution is 0.160. The lowest BCUT2D eigenvalue weighted by Gasteiger charge is -1.92. The third kappa shape index (κ3) is 2.70. The van der Waals surface area contributed by atoms with Crippen molar-refractivity contribution in [2.24, 2.45) is 5.16 Å². The first-order valence-electron chi connectivity index (χ1n) is 3.74. The van der Waals surface area contributed by atoms with E-state index >= 15 is 0 Å². The van der Waals surface area contributed by atoms with Gasteiger partial charge in [-0.3, -0.25) is 0 Å². The Bertz CT molecular complexity index is 256. The average Bonchev–Trinajstić information content (AvgIpc) is 2.09. The number of nitrogens with zero attached hydrogens (tertiary/aromatic N) is 1. The SMILES string of the molecule is CCON=Cc1ccc(F)cc1. The van der Waals surface area contributed by atoms with E-state index in [-0.39, 0.29) is 5.82 Å². The maximum Gasteiger partial charge on any atom is 0.123 e. The smallest absolute Gasteiger partial charge is 0.123 e. The topological polar surface area (TPSA) is 21.6 Å². The molecule has 0 amide bonds. The summed E-state index contributed by atoms with van der Waals surface area (Å²) in [6.45, 7) is 2.39. The van der Waals surface area contributed by atoms with Crippen LogP contribution < -0.4 is 0 Å². The molecule has 0 unspecified atom stereocenters. The molecule has 0 radical (unpaired) electrons. The molecular weight excluding hydrogens is 157 g/mol. The van der Waals surface area contributed by atoms with E-state index in [1.54, 1.807) is 18.3 Å². The van der Waals surface area contributed by atoms with Gasteiger partial charge in [0.25, 0.3) is 0 Å². The molecule has 0 atom stereocenters. The molecule has 0 spiro atoms. The van der Waals surface area contributed by atoms with Crippen molar-refractivity contribution in [3.05, 3.63) is 35.6 Å². The third-order valence-electron chi connectivity index (χ3n) is 1.28. The first-order chi connectivity index (χ1) is 5.83. The van der Waals surface area contributed by atoms with Crippen LogP contribution in [0.2, 0.25) is 0 Å². The van der Waals surface area contributed by atoms with E-state index in [1.165, 1.54) is 12.1 Å². The van der Waals surface area contributed by atoms with Crippen molar-refractivity contribution in [2.75, 3.05) is 6.61 Å². The Morgan fingerprint density at radius 1 is 1.42 bits per heavy atom. The van der Waals surface area contributed by atoms with E-state index in [0.29, 0.717) is 6.61 Å². The van der Waals surface area contributed by atoms with E-state index in [4.69, 9.17) is 4.84 Å². The Kier molecular flexibility index (Phi) is 3.26. The number of halogens is 1. The molecule has 64 valence electrons. The van der Waals surface area contributed by atoms with Gasteiger partial charge in [0, 0.05) is 0 Å².